The van der Waals surface area contributed by atoms with Gasteiger partial charge in [-0.15, -0.1) is 12.4 Å². The Bertz CT molecular complexity index is 530. The number of benzene rings is 1. The molecule has 0 aliphatic heterocycles. The van der Waals surface area contributed by atoms with Gasteiger partial charge < -0.3 is 20.3 Å². The summed E-state index contributed by atoms with van der Waals surface area (Å²) in [5.74, 6) is 0.197. The van der Waals surface area contributed by atoms with Crippen LogP contribution in [-0.4, -0.2) is 35.8 Å². The third kappa shape index (κ3) is 4.02. The Labute approximate surface area is 121 Å². The number of carbonyl (C=O) groups is 1. The maximum absolute atomic E-state index is 11.7. The lowest BCUT2D eigenvalue weighted by atomic mass is 10.2. The average Bonchev–Trinajstić information content (AvgIpc) is 2.94. The number of ether oxygens (including phenoxy) is 1. The molecule has 2 aromatic rings. The van der Waals surface area contributed by atoms with Crippen LogP contribution in [-0.2, 0) is 9.53 Å². The van der Waals surface area contributed by atoms with Crippen LogP contribution < -0.4 is 11.1 Å². The zero-order valence-corrected chi connectivity index (χ0v) is 11.6. The van der Waals surface area contributed by atoms with Crippen LogP contribution in [0.5, 0.6) is 0 Å². The molecule has 1 amide bonds. The number of nitrogens with two attached hydrogens (primary N) is 1. The van der Waals surface area contributed by atoms with E-state index in [1.54, 1.807) is 24.3 Å². The van der Waals surface area contributed by atoms with Crippen LogP contribution in [0.3, 0.4) is 0 Å². The first-order chi connectivity index (χ1) is 9.20. The molecule has 8 heteroatoms. The third-order valence-electron chi connectivity index (χ3n) is 2.45. The van der Waals surface area contributed by atoms with E-state index in [-0.39, 0.29) is 24.9 Å². The summed E-state index contributed by atoms with van der Waals surface area (Å²) in [6.07, 6.45) is 1.26. The highest BCUT2D eigenvalue weighted by atomic mass is 35.5. The van der Waals surface area contributed by atoms with E-state index in [2.05, 4.69) is 20.0 Å². The molecule has 0 bridgehead atoms. The molecule has 0 radical (unpaired) electrons. The summed E-state index contributed by atoms with van der Waals surface area (Å²) in [7, 11) is 1.49. The standard InChI is InChI=1S/C12H14N4O3.ClH/c1-18-6-10(13)12(17)15-9-4-2-8(3-5-9)11-14-7-19-16-11;/h2-5,7,10H,6,13H2,1H3,(H,15,17);1H. The molecule has 1 aromatic carbocycles. The SMILES string of the molecule is COCC(N)C(=O)Nc1ccc(-c2ncon2)cc1.Cl. The van der Waals surface area contributed by atoms with Crippen LogP contribution in [0.2, 0.25) is 0 Å². The Morgan fingerprint density at radius 1 is 1.45 bits per heavy atom. The maximum atomic E-state index is 11.7. The van der Waals surface area contributed by atoms with Crippen LogP contribution in [0.4, 0.5) is 5.69 Å². The first-order valence-electron chi connectivity index (χ1n) is 5.63. The molecule has 0 saturated heterocycles. The van der Waals surface area contributed by atoms with E-state index in [9.17, 15) is 4.79 Å². The van der Waals surface area contributed by atoms with Gasteiger partial charge in [0.1, 0.15) is 6.04 Å². The van der Waals surface area contributed by atoms with E-state index < -0.39 is 6.04 Å². The average molecular weight is 299 g/mol. The van der Waals surface area contributed by atoms with Gasteiger partial charge in [0.2, 0.25) is 18.1 Å². The number of methoxy groups -OCH3 is 1. The molecule has 1 heterocycles. The van der Waals surface area contributed by atoms with Crippen LogP contribution in [0, 0.1) is 0 Å². The van der Waals surface area contributed by atoms with Gasteiger partial charge in [0.15, 0.2) is 0 Å². The van der Waals surface area contributed by atoms with Crippen molar-refractivity contribution in [1.82, 2.24) is 10.1 Å². The fourth-order valence-corrected chi connectivity index (χ4v) is 1.49. The second kappa shape index (κ2) is 7.59. The predicted molar refractivity (Wildman–Crippen MR) is 75.5 cm³/mol. The number of anilines is 1. The van der Waals surface area contributed by atoms with Gasteiger partial charge in [0.25, 0.3) is 0 Å². The van der Waals surface area contributed by atoms with E-state index in [4.69, 9.17) is 10.5 Å². The molecule has 1 atom stereocenters. The minimum absolute atomic E-state index is 0. The Morgan fingerprint density at radius 2 is 2.15 bits per heavy atom. The first-order valence-corrected chi connectivity index (χ1v) is 5.63. The zero-order chi connectivity index (χ0) is 13.7. The van der Waals surface area contributed by atoms with Crippen molar-refractivity contribution in [2.45, 2.75) is 6.04 Å². The fourth-order valence-electron chi connectivity index (χ4n) is 1.49. The number of amides is 1. The van der Waals surface area contributed by atoms with Crippen molar-refractivity contribution < 1.29 is 14.1 Å². The summed E-state index contributed by atoms with van der Waals surface area (Å²) in [6, 6.07) is 6.35. The molecular formula is C12H15ClN4O3. The molecule has 2 rings (SSSR count). The van der Waals surface area contributed by atoms with Crippen molar-refractivity contribution in [3.63, 3.8) is 0 Å². The monoisotopic (exact) mass is 298 g/mol. The molecule has 0 saturated carbocycles. The van der Waals surface area contributed by atoms with Crippen molar-refractivity contribution in [3.05, 3.63) is 30.7 Å². The highest BCUT2D eigenvalue weighted by Gasteiger charge is 2.13. The number of hydrogen-bond donors (Lipinski definition) is 2. The van der Waals surface area contributed by atoms with Crippen molar-refractivity contribution >= 4 is 24.0 Å². The lowest BCUT2D eigenvalue weighted by Crippen LogP contribution is -2.39. The first kappa shape index (κ1) is 16.1. The molecule has 0 spiro atoms. The molecule has 20 heavy (non-hydrogen) atoms. The molecule has 0 aliphatic carbocycles. The van der Waals surface area contributed by atoms with E-state index in [0.29, 0.717) is 11.5 Å². The fraction of sp³-hybridized carbons (Fsp3) is 0.250. The van der Waals surface area contributed by atoms with Gasteiger partial charge in [-0.3, -0.25) is 4.79 Å². The van der Waals surface area contributed by atoms with Crippen molar-refractivity contribution in [2.75, 3.05) is 19.0 Å². The Hall–Kier alpha value is -1.96. The topological polar surface area (TPSA) is 103 Å². The molecule has 3 N–H and O–H groups in total. The van der Waals surface area contributed by atoms with Crippen molar-refractivity contribution in [3.8, 4) is 11.4 Å². The van der Waals surface area contributed by atoms with E-state index in [0.717, 1.165) is 5.56 Å². The quantitative estimate of drug-likeness (QED) is 0.856. The maximum Gasteiger partial charge on any atom is 0.243 e. The number of aromatic nitrogens is 2. The summed E-state index contributed by atoms with van der Waals surface area (Å²) >= 11 is 0. The van der Waals surface area contributed by atoms with Gasteiger partial charge in [0, 0.05) is 18.4 Å². The summed E-state index contributed by atoms with van der Waals surface area (Å²) in [5.41, 5.74) is 7.05. The van der Waals surface area contributed by atoms with Crippen LogP contribution in [0.25, 0.3) is 11.4 Å². The molecule has 1 aromatic heterocycles. The highest BCUT2D eigenvalue weighted by molar-refractivity contribution is 5.94. The molecular weight excluding hydrogens is 284 g/mol. The second-order valence-corrected chi connectivity index (χ2v) is 3.88. The lowest BCUT2D eigenvalue weighted by molar-refractivity contribution is -0.118. The normalized spacial score (nSPS) is 11.5. The highest BCUT2D eigenvalue weighted by Crippen LogP contribution is 2.17. The summed E-state index contributed by atoms with van der Waals surface area (Å²) in [5, 5.41) is 6.41. The number of hydrogen-bond acceptors (Lipinski definition) is 6. The van der Waals surface area contributed by atoms with E-state index in [1.807, 2.05) is 0 Å². The van der Waals surface area contributed by atoms with Gasteiger partial charge in [-0.25, -0.2) is 0 Å². The van der Waals surface area contributed by atoms with Gasteiger partial charge in [0.05, 0.1) is 6.61 Å². The van der Waals surface area contributed by atoms with Gasteiger partial charge >= 0.3 is 0 Å². The van der Waals surface area contributed by atoms with Crippen molar-refractivity contribution in [1.29, 1.82) is 0 Å². The van der Waals surface area contributed by atoms with Crippen LogP contribution in [0.15, 0.2) is 35.2 Å². The van der Waals surface area contributed by atoms with Crippen LogP contribution >= 0.6 is 12.4 Å². The summed E-state index contributed by atoms with van der Waals surface area (Å²) in [6.45, 7) is 0.173. The Kier molecular flexibility index (Phi) is 6.10. The molecule has 0 fully saturated rings. The number of carbonyl (C=O) groups excluding carboxylic acids is 1. The minimum atomic E-state index is -0.693. The molecule has 7 nitrogen and oxygen atoms in total. The zero-order valence-electron chi connectivity index (χ0n) is 10.8. The largest absolute Gasteiger partial charge is 0.383 e. The predicted octanol–water partition coefficient (Wildman–Crippen LogP) is 1.07. The third-order valence-corrected chi connectivity index (χ3v) is 2.45. The summed E-state index contributed by atoms with van der Waals surface area (Å²) in [4.78, 5) is 15.6. The molecule has 108 valence electrons. The van der Waals surface area contributed by atoms with Crippen molar-refractivity contribution in [2.24, 2.45) is 5.73 Å². The number of nitrogens with one attached hydrogen (secondary N) is 1. The number of nitrogens with zero attached hydrogens (tertiary/aromatic N) is 2. The van der Waals surface area contributed by atoms with E-state index >= 15 is 0 Å². The lowest BCUT2D eigenvalue weighted by Gasteiger charge is -2.11. The Balaban J connectivity index is 0.00000200. The van der Waals surface area contributed by atoms with E-state index in [1.165, 1.54) is 13.5 Å². The van der Waals surface area contributed by atoms with Gasteiger partial charge in [-0.2, -0.15) is 4.98 Å². The van der Waals surface area contributed by atoms with Gasteiger partial charge in [-0.05, 0) is 24.3 Å². The van der Waals surface area contributed by atoms with Gasteiger partial charge in [-0.1, -0.05) is 5.16 Å². The summed E-state index contributed by atoms with van der Waals surface area (Å²) < 4.78 is 9.48. The smallest absolute Gasteiger partial charge is 0.243 e. The second-order valence-electron chi connectivity index (χ2n) is 3.88. The minimum Gasteiger partial charge on any atom is -0.383 e. The number of halogens is 1. The van der Waals surface area contributed by atoms with Crippen LogP contribution in [0.1, 0.15) is 0 Å². The molecule has 0 aliphatic rings. The number of rotatable bonds is 5. The molecule has 1 unspecified atom stereocenters. The Morgan fingerprint density at radius 3 is 2.70 bits per heavy atom.